The van der Waals surface area contributed by atoms with Crippen LogP contribution in [0.2, 0.25) is 0 Å². The Hall–Kier alpha value is 0. The fourth-order valence-electron chi connectivity index (χ4n) is 1.28. The fourth-order valence-corrected chi connectivity index (χ4v) is 1.28. The van der Waals surface area contributed by atoms with Crippen LogP contribution in [0, 0.1) is 16.7 Å². The summed E-state index contributed by atoms with van der Waals surface area (Å²) >= 11 is 0. The molecule has 1 unspecified atom stereocenters. The molecule has 0 aliphatic carbocycles. The van der Waals surface area contributed by atoms with E-state index in [9.17, 15) is 0 Å². The Labute approximate surface area is 78.8 Å². The van der Waals surface area contributed by atoms with Crippen LogP contribution in [-0.4, -0.2) is 0 Å². The number of rotatable bonds is 3. The Balaban J connectivity index is 4.09. The predicted molar refractivity (Wildman–Crippen MR) is 57.3 cm³/mol. The summed E-state index contributed by atoms with van der Waals surface area (Å²) in [4.78, 5) is 0. The minimum absolute atomic E-state index is 0.465. The quantitative estimate of drug-likeness (QED) is 0.585. The van der Waals surface area contributed by atoms with E-state index < -0.39 is 0 Å². The van der Waals surface area contributed by atoms with Gasteiger partial charge in [-0.15, -0.1) is 0 Å². The molecule has 0 spiro atoms. The van der Waals surface area contributed by atoms with E-state index in [0.717, 1.165) is 5.92 Å². The molecule has 0 bridgehead atoms. The number of hydrogen-bond donors (Lipinski definition) is 0. The van der Waals surface area contributed by atoms with Crippen molar-refractivity contribution in [2.75, 3.05) is 0 Å². The Kier molecular flexibility index (Phi) is 3.81. The maximum atomic E-state index is 2.37. The van der Waals surface area contributed by atoms with Crippen molar-refractivity contribution in [3.63, 3.8) is 0 Å². The van der Waals surface area contributed by atoms with Gasteiger partial charge in [-0.3, -0.25) is 0 Å². The molecule has 0 saturated carbocycles. The van der Waals surface area contributed by atoms with E-state index in [2.05, 4.69) is 48.5 Å². The van der Waals surface area contributed by atoms with Crippen LogP contribution in [0.5, 0.6) is 0 Å². The Bertz CT molecular complexity index is 125. The molecule has 74 valence electrons. The molecule has 1 atom stereocenters. The van der Waals surface area contributed by atoms with Gasteiger partial charge in [0.1, 0.15) is 0 Å². The van der Waals surface area contributed by atoms with Gasteiger partial charge in [0.2, 0.25) is 0 Å². The minimum Gasteiger partial charge on any atom is -0.0649 e. The van der Waals surface area contributed by atoms with Gasteiger partial charge >= 0.3 is 0 Å². The van der Waals surface area contributed by atoms with Crippen LogP contribution in [-0.2, 0) is 0 Å². The molecule has 0 aromatic carbocycles. The largest absolute Gasteiger partial charge is 0.0649 e. The molecule has 0 heteroatoms. The van der Waals surface area contributed by atoms with E-state index in [1.807, 2.05) is 0 Å². The van der Waals surface area contributed by atoms with Gasteiger partial charge in [-0.05, 0) is 23.2 Å². The molecule has 0 aromatic heterocycles. The van der Waals surface area contributed by atoms with Crippen LogP contribution in [0.1, 0.15) is 61.3 Å². The lowest BCUT2D eigenvalue weighted by atomic mass is 9.72. The molecule has 0 amide bonds. The highest BCUT2D eigenvalue weighted by atomic mass is 14.3. The zero-order valence-electron chi connectivity index (χ0n) is 9.99. The molecule has 0 radical (unpaired) electrons. The van der Waals surface area contributed by atoms with Crippen LogP contribution in [0.25, 0.3) is 0 Å². The first-order chi connectivity index (χ1) is 5.19. The third kappa shape index (κ3) is 4.13. The van der Waals surface area contributed by atoms with Crippen molar-refractivity contribution in [1.29, 1.82) is 0 Å². The first-order valence-electron chi connectivity index (χ1n) is 5.19. The van der Waals surface area contributed by atoms with Gasteiger partial charge in [-0.2, -0.15) is 0 Å². The Morgan fingerprint density at radius 1 is 1.00 bits per heavy atom. The van der Waals surface area contributed by atoms with E-state index in [0.29, 0.717) is 10.8 Å². The van der Waals surface area contributed by atoms with Gasteiger partial charge in [0.15, 0.2) is 0 Å². The molecule has 0 nitrogen and oxygen atoms in total. The second-order valence-corrected chi connectivity index (χ2v) is 5.99. The summed E-state index contributed by atoms with van der Waals surface area (Å²) in [7, 11) is 0. The molecule has 12 heavy (non-hydrogen) atoms. The van der Waals surface area contributed by atoms with Crippen LogP contribution in [0.3, 0.4) is 0 Å². The van der Waals surface area contributed by atoms with E-state index in [4.69, 9.17) is 0 Å². The molecular formula is C12H26. The van der Waals surface area contributed by atoms with Crippen LogP contribution in [0.4, 0.5) is 0 Å². The summed E-state index contributed by atoms with van der Waals surface area (Å²) in [5.41, 5.74) is 0.985. The van der Waals surface area contributed by atoms with Crippen molar-refractivity contribution < 1.29 is 0 Å². The van der Waals surface area contributed by atoms with E-state index in [-0.39, 0.29) is 0 Å². The smallest absolute Gasteiger partial charge is 0.0354 e. The van der Waals surface area contributed by atoms with Gasteiger partial charge in [0.05, 0.1) is 0 Å². The average molecular weight is 170 g/mol. The minimum atomic E-state index is 0.465. The zero-order valence-corrected chi connectivity index (χ0v) is 9.99. The van der Waals surface area contributed by atoms with Crippen molar-refractivity contribution in [3.8, 4) is 0 Å². The molecule has 0 aliphatic heterocycles. The molecule has 0 fully saturated rings. The lowest BCUT2D eigenvalue weighted by Crippen LogP contribution is -2.24. The van der Waals surface area contributed by atoms with E-state index >= 15 is 0 Å². The van der Waals surface area contributed by atoms with Gasteiger partial charge < -0.3 is 0 Å². The summed E-state index contributed by atoms with van der Waals surface area (Å²) in [5.74, 6) is 0.812. The molecule has 0 saturated heterocycles. The monoisotopic (exact) mass is 170 g/mol. The average Bonchev–Trinajstić information content (AvgIpc) is 1.85. The highest BCUT2D eigenvalue weighted by molar-refractivity contribution is 4.77. The summed E-state index contributed by atoms with van der Waals surface area (Å²) in [6, 6.07) is 0. The third-order valence-electron chi connectivity index (χ3n) is 3.29. The van der Waals surface area contributed by atoms with Crippen molar-refractivity contribution in [2.24, 2.45) is 16.7 Å². The molecule has 0 heterocycles. The van der Waals surface area contributed by atoms with E-state index in [1.54, 1.807) is 0 Å². The van der Waals surface area contributed by atoms with Crippen LogP contribution in [0.15, 0.2) is 0 Å². The van der Waals surface area contributed by atoms with Crippen molar-refractivity contribution in [2.45, 2.75) is 61.3 Å². The third-order valence-corrected chi connectivity index (χ3v) is 3.29. The van der Waals surface area contributed by atoms with Gasteiger partial charge in [0.25, 0.3) is 0 Å². The van der Waals surface area contributed by atoms with Crippen molar-refractivity contribution in [1.82, 2.24) is 0 Å². The second kappa shape index (κ2) is 3.81. The molecule has 0 rings (SSSR count). The van der Waals surface area contributed by atoms with Gasteiger partial charge in [-0.1, -0.05) is 54.9 Å². The normalized spacial score (nSPS) is 16.2. The SMILES string of the molecule is CCC(C)(C)CC(C)C(C)(C)C. The molecule has 0 aliphatic rings. The lowest BCUT2D eigenvalue weighted by Gasteiger charge is -2.34. The summed E-state index contributed by atoms with van der Waals surface area (Å²) < 4.78 is 0. The highest BCUT2D eigenvalue weighted by Gasteiger charge is 2.26. The van der Waals surface area contributed by atoms with E-state index in [1.165, 1.54) is 12.8 Å². The first-order valence-corrected chi connectivity index (χ1v) is 5.19. The number of hydrogen-bond acceptors (Lipinski definition) is 0. The van der Waals surface area contributed by atoms with Gasteiger partial charge in [-0.25, -0.2) is 0 Å². The first kappa shape index (κ1) is 12.0. The van der Waals surface area contributed by atoms with Crippen LogP contribution >= 0.6 is 0 Å². The lowest BCUT2D eigenvalue weighted by molar-refractivity contribution is 0.166. The van der Waals surface area contributed by atoms with Gasteiger partial charge in [0, 0.05) is 0 Å². The van der Waals surface area contributed by atoms with Crippen molar-refractivity contribution >= 4 is 0 Å². The predicted octanol–water partition coefficient (Wildman–Crippen LogP) is 4.49. The highest BCUT2D eigenvalue weighted by Crippen LogP contribution is 2.37. The molecule has 0 N–H and O–H groups in total. The molecule has 0 aromatic rings. The summed E-state index contributed by atoms with van der Waals surface area (Å²) in [5, 5.41) is 0. The fraction of sp³-hybridized carbons (Fsp3) is 1.00. The maximum Gasteiger partial charge on any atom is -0.0354 e. The Morgan fingerprint density at radius 3 is 1.67 bits per heavy atom. The maximum absolute atomic E-state index is 2.37. The molecular weight excluding hydrogens is 144 g/mol. The second-order valence-electron chi connectivity index (χ2n) is 5.99. The topological polar surface area (TPSA) is 0 Å². The van der Waals surface area contributed by atoms with Crippen molar-refractivity contribution in [3.05, 3.63) is 0 Å². The zero-order chi connectivity index (χ0) is 9.99. The summed E-state index contributed by atoms with van der Waals surface area (Å²) in [6.45, 7) is 16.4. The van der Waals surface area contributed by atoms with Crippen LogP contribution < -0.4 is 0 Å². The standard InChI is InChI=1S/C12H26/c1-8-12(6,7)9-10(2)11(3,4)5/h10H,8-9H2,1-7H3. The summed E-state index contributed by atoms with van der Waals surface area (Å²) in [6.07, 6.45) is 2.63. The Morgan fingerprint density at radius 2 is 1.42 bits per heavy atom.